The minimum Gasteiger partial charge on any atom is -0.496 e. The van der Waals surface area contributed by atoms with Crippen molar-refractivity contribution in [3.63, 3.8) is 0 Å². The molecule has 0 fully saturated rings. The van der Waals surface area contributed by atoms with Crippen LogP contribution in [0, 0.1) is 0 Å². The molecule has 0 saturated carbocycles. The molecule has 5 aromatic rings. The van der Waals surface area contributed by atoms with Crippen molar-refractivity contribution in [2.24, 2.45) is 0 Å². The third kappa shape index (κ3) is 6.13. The van der Waals surface area contributed by atoms with Gasteiger partial charge in [-0.15, -0.1) is 0 Å². The number of benzene rings is 2. The molecule has 0 radical (unpaired) electrons. The number of halogens is 3. The number of fused-ring (bicyclic) bond motifs is 1. The first kappa shape index (κ1) is 27.2. The van der Waals surface area contributed by atoms with E-state index in [1.165, 1.54) is 7.11 Å². The fourth-order valence-corrected chi connectivity index (χ4v) is 4.13. The zero-order valence-corrected chi connectivity index (χ0v) is 21.9. The molecule has 0 bridgehead atoms. The number of nitrogens with one attached hydrogen (secondary N) is 3. The van der Waals surface area contributed by atoms with Crippen molar-refractivity contribution in [1.82, 2.24) is 19.4 Å². The number of alkyl halides is 3. The van der Waals surface area contributed by atoms with Crippen LogP contribution < -0.4 is 25.4 Å². The van der Waals surface area contributed by atoms with Crippen LogP contribution in [0.2, 0.25) is 0 Å². The van der Waals surface area contributed by atoms with E-state index in [9.17, 15) is 18.0 Å². The number of methoxy groups -OCH3 is 2. The predicted molar refractivity (Wildman–Crippen MR) is 147 cm³/mol. The van der Waals surface area contributed by atoms with Crippen molar-refractivity contribution in [2.45, 2.75) is 12.7 Å². The molecule has 3 aromatic heterocycles. The Labute approximate surface area is 232 Å². The molecule has 10 nitrogen and oxygen atoms in total. The third-order valence-electron chi connectivity index (χ3n) is 6.07. The fraction of sp³-hybridized carbons (Fsp3) is 0.143. The van der Waals surface area contributed by atoms with E-state index in [0.717, 1.165) is 24.8 Å². The Bertz CT molecular complexity index is 1690. The minimum atomic E-state index is -4.70. The maximum absolute atomic E-state index is 13.5. The molecule has 0 aliphatic rings. The van der Waals surface area contributed by atoms with Crippen molar-refractivity contribution in [3.8, 4) is 22.8 Å². The molecule has 0 unspecified atom stereocenters. The molecule has 210 valence electrons. The van der Waals surface area contributed by atoms with E-state index in [0.29, 0.717) is 35.0 Å². The van der Waals surface area contributed by atoms with Crippen LogP contribution in [0.4, 0.5) is 35.2 Å². The number of carbonyl (C=O) groups excluding carboxylic acids is 1. The van der Waals surface area contributed by atoms with E-state index in [-0.39, 0.29) is 11.4 Å². The number of hydrogen-bond acceptors (Lipinski definition) is 7. The maximum atomic E-state index is 13.5. The Hall–Kier alpha value is -5.33. The molecule has 0 spiro atoms. The van der Waals surface area contributed by atoms with E-state index in [1.807, 2.05) is 22.6 Å². The largest absolute Gasteiger partial charge is 0.496 e. The number of anilines is 3. The Morgan fingerprint density at radius 1 is 0.976 bits per heavy atom. The lowest BCUT2D eigenvalue weighted by atomic mass is 10.1. The van der Waals surface area contributed by atoms with E-state index in [1.54, 1.807) is 49.2 Å². The summed E-state index contributed by atoms with van der Waals surface area (Å²) in [6, 6.07) is 11.7. The smallest absolute Gasteiger partial charge is 0.420 e. The summed E-state index contributed by atoms with van der Waals surface area (Å²) < 4.78 is 52.4. The quantitative estimate of drug-likeness (QED) is 0.210. The number of rotatable bonds is 8. The first-order valence-corrected chi connectivity index (χ1v) is 12.2. The van der Waals surface area contributed by atoms with Crippen molar-refractivity contribution in [2.75, 3.05) is 30.2 Å². The van der Waals surface area contributed by atoms with Crippen LogP contribution in [0.25, 0.3) is 16.9 Å². The van der Waals surface area contributed by atoms with Gasteiger partial charge in [0.05, 0.1) is 31.2 Å². The normalized spacial score (nSPS) is 11.2. The summed E-state index contributed by atoms with van der Waals surface area (Å²) in [4.78, 5) is 25.9. The average Bonchev–Trinajstić information content (AvgIpc) is 3.45. The zero-order valence-electron chi connectivity index (χ0n) is 21.9. The van der Waals surface area contributed by atoms with Crippen LogP contribution in [0.5, 0.6) is 11.5 Å². The molecule has 5 rings (SSSR count). The number of imidazole rings is 1. The highest BCUT2D eigenvalue weighted by atomic mass is 19.4. The molecule has 0 aliphatic carbocycles. The molecule has 0 aliphatic heterocycles. The summed E-state index contributed by atoms with van der Waals surface area (Å²) in [6.45, 7) is 0.508. The van der Waals surface area contributed by atoms with Gasteiger partial charge in [0.2, 0.25) is 0 Å². The van der Waals surface area contributed by atoms with Crippen LogP contribution in [-0.4, -0.2) is 39.6 Å². The molecule has 2 amide bonds. The number of aromatic nitrogens is 4. The first-order valence-electron chi connectivity index (χ1n) is 12.2. The van der Waals surface area contributed by atoms with Gasteiger partial charge in [-0.05, 0) is 35.9 Å². The Kier molecular flexibility index (Phi) is 7.59. The monoisotopic (exact) mass is 563 g/mol. The molecular formula is C28H24F3N7O3. The molecule has 3 N–H and O–H groups in total. The summed E-state index contributed by atoms with van der Waals surface area (Å²) in [6.07, 6.45) is 3.98. The van der Waals surface area contributed by atoms with E-state index >= 15 is 0 Å². The maximum Gasteiger partial charge on any atom is 0.420 e. The van der Waals surface area contributed by atoms with Crippen molar-refractivity contribution < 1.29 is 27.4 Å². The van der Waals surface area contributed by atoms with Crippen molar-refractivity contribution in [1.29, 1.82) is 0 Å². The Morgan fingerprint density at radius 2 is 1.76 bits per heavy atom. The van der Waals surface area contributed by atoms with Crippen LogP contribution in [0.15, 0.2) is 79.5 Å². The highest BCUT2D eigenvalue weighted by Crippen LogP contribution is 2.42. The van der Waals surface area contributed by atoms with Gasteiger partial charge in [-0.25, -0.2) is 14.8 Å². The molecule has 3 heterocycles. The number of pyridine rings is 1. The minimum absolute atomic E-state index is 0.00313. The second kappa shape index (κ2) is 11.4. The standard InChI is InChI=1S/C28H24F3N7O3/c1-40-23-14-24(41-2)21(13-20(23)28(29,30)31)37-27(39)35-19-5-3-4-18(12-19)22-16-38-11-10-33-26(38)25(36-22)34-15-17-6-8-32-9-7-17/h3-14,16H,15H2,1-2H3,(H,34,36)(H2,35,37,39). The summed E-state index contributed by atoms with van der Waals surface area (Å²) >= 11 is 0. The van der Waals surface area contributed by atoms with Gasteiger partial charge >= 0.3 is 12.2 Å². The summed E-state index contributed by atoms with van der Waals surface area (Å²) in [5.41, 5.74) is 2.12. The highest BCUT2D eigenvalue weighted by Gasteiger charge is 2.35. The van der Waals surface area contributed by atoms with Crippen LogP contribution in [-0.2, 0) is 12.7 Å². The Balaban J connectivity index is 1.37. The van der Waals surface area contributed by atoms with Crippen LogP contribution in [0.3, 0.4) is 0 Å². The predicted octanol–water partition coefficient (Wildman–Crippen LogP) is 6.08. The van der Waals surface area contributed by atoms with Gasteiger partial charge in [-0.2, -0.15) is 13.2 Å². The number of hydrogen-bond donors (Lipinski definition) is 3. The molecule has 13 heteroatoms. The SMILES string of the molecule is COc1cc(OC)c(C(F)(F)F)cc1NC(=O)Nc1cccc(-c2cn3ccnc3c(NCc3ccncc3)n2)c1. The lowest BCUT2D eigenvalue weighted by molar-refractivity contribution is -0.138. The lowest BCUT2D eigenvalue weighted by Gasteiger charge is -2.17. The van der Waals surface area contributed by atoms with Crippen LogP contribution >= 0.6 is 0 Å². The molecule has 2 aromatic carbocycles. The summed E-state index contributed by atoms with van der Waals surface area (Å²) in [7, 11) is 2.40. The molecule has 0 saturated heterocycles. The second-order valence-corrected chi connectivity index (χ2v) is 8.75. The van der Waals surface area contributed by atoms with Gasteiger partial charge in [0.25, 0.3) is 0 Å². The highest BCUT2D eigenvalue weighted by molar-refractivity contribution is 6.01. The lowest BCUT2D eigenvalue weighted by Crippen LogP contribution is -2.20. The van der Waals surface area contributed by atoms with Gasteiger partial charge in [-0.3, -0.25) is 4.98 Å². The topological polar surface area (TPSA) is 115 Å². The number of carbonyl (C=O) groups is 1. The van der Waals surface area contributed by atoms with Gasteiger partial charge in [0.15, 0.2) is 11.5 Å². The summed E-state index contributed by atoms with van der Waals surface area (Å²) in [5.74, 6) is 0.140. The second-order valence-electron chi connectivity index (χ2n) is 8.75. The molecule has 0 atom stereocenters. The van der Waals surface area contributed by atoms with Crippen molar-refractivity contribution in [3.05, 3.63) is 90.6 Å². The number of urea groups is 1. The van der Waals surface area contributed by atoms with Crippen molar-refractivity contribution >= 4 is 28.9 Å². The van der Waals surface area contributed by atoms with Gasteiger partial charge in [0.1, 0.15) is 11.5 Å². The summed E-state index contributed by atoms with van der Waals surface area (Å²) in [5, 5.41) is 8.37. The molecular weight excluding hydrogens is 539 g/mol. The van der Waals surface area contributed by atoms with Crippen LogP contribution in [0.1, 0.15) is 11.1 Å². The number of amides is 2. The number of nitrogens with zero attached hydrogens (tertiary/aromatic N) is 4. The third-order valence-corrected chi connectivity index (χ3v) is 6.07. The Morgan fingerprint density at radius 3 is 2.49 bits per heavy atom. The van der Waals surface area contributed by atoms with E-state index in [4.69, 9.17) is 14.5 Å². The number of ether oxygens (including phenoxy) is 2. The van der Waals surface area contributed by atoms with E-state index in [2.05, 4.69) is 25.9 Å². The van der Waals surface area contributed by atoms with Gasteiger partial charge < -0.3 is 29.8 Å². The van der Waals surface area contributed by atoms with E-state index < -0.39 is 23.5 Å². The average molecular weight is 564 g/mol. The van der Waals surface area contributed by atoms with Gasteiger partial charge in [-0.1, -0.05) is 12.1 Å². The zero-order chi connectivity index (χ0) is 29.0. The fourth-order valence-electron chi connectivity index (χ4n) is 4.13. The van der Waals surface area contributed by atoms with Gasteiger partial charge in [0, 0.05) is 54.8 Å². The first-order chi connectivity index (χ1) is 19.7. The molecule has 41 heavy (non-hydrogen) atoms.